The van der Waals surface area contributed by atoms with Crippen molar-refractivity contribution in [1.82, 2.24) is 5.32 Å². The van der Waals surface area contributed by atoms with Crippen molar-refractivity contribution in [3.05, 3.63) is 0 Å². The van der Waals surface area contributed by atoms with E-state index in [-0.39, 0.29) is 11.2 Å². The topological polar surface area (TPSA) is 21.3 Å². The van der Waals surface area contributed by atoms with E-state index in [0.717, 1.165) is 6.04 Å². The highest BCUT2D eigenvalue weighted by atomic mass is 16.5. The van der Waals surface area contributed by atoms with Crippen molar-refractivity contribution in [2.75, 3.05) is 0 Å². The Labute approximate surface area is 107 Å². The zero-order chi connectivity index (χ0) is 12.8. The van der Waals surface area contributed by atoms with E-state index in [1.165, 1.54) is 19.3 Å². The van der Waals surface area contributed by atoms with Crippen LogP contribution in [0, 0.1) is 11.8 Å². The summed E-state index contributed by atoms with van der Waals surface area (Å²) >= 11 is 0. The summed E-state index contributed by atoms with van der Waals surface area (Å²) in [6.07, 6.45) is 3.91. The molecule has 2 aliphatic rings. The van der Waals surface area contributed by atoms with Crippen LogP contribution >= 0.6 is 0 Å². The van der Waals surface area contributed by atoms with E-state index in [1.54, 1.807) is 0 Å². The monoisotopic (exact) mass is 239 g/mol. The third kappa shape index (κ3) is 3.03. The predicted octanol–water partition coefficient (Wildman–Crippen LogP) is 3.36. The van der Waals surface area contributed by atoms with Crippen molar-refractivity contribution in [2.24, 2.45) is 11.8 Å². The number of hydrogen-bond acceptors (Lipinski definition) is 2. The van der Waals surface area contributed by atoms with Gasteiger partial charge < -0.3 is 10.1 Å². The lowest BCUT2D eigenvalue weighted by atomic mass is 9.76. The zero-order valence-electron chi connectivity index (χ0n) is 12.3. The molecule has 0 spiro atoms. The van der Waals surface area contributed by atoms with Crippen LogP contribution < -0.4 is 5.32 Å². The lowest BCUT2D eigenvalue weighted by Gasteiger charge is -2.34. The molecule has 1 saturated heterocycles. The van der Waals surface area contributed by atoms with E-state index in [1.807, 2.05) is 0 Å². The van der Waals surface area contributed by atoms with Crippen LogP contribution in [-0.4, -0.2) is 23.3 Å². The molecule has 2 fully saturated rings. The maximum atomic E-state index is 6.21. The fourth-order valence-corrected chi connectivity index (χ4v) is 3.55. The molecule has 1 aliphatic heterocycles. The molecule has 1 aliphatic carbocycles. The molecule has 3 unspecified atom stereocenters. The SMILES string of the molecule is CC(NC1CC1)C(C)C1CC(C)(C)OC1(C)C. The molecule has 0 amide bonds. The summed E-state index contributed by atoms with van der Waals surface area (Å²) in [5.74, 6) is 1.33. The molecule has 1 saturated carbocycles. The molecule has 0 aromatic heterocycles. The van der Waals surface area contributed by atoms with Crippen LogP contribution in [-0.2, 0) is 4.74 Å². The molecular formula is C15H29NO. The summed E-state index contributed by atoms with van der Waals surface area (Å²) in [7, 11) is 0. The lowest BCUT2D eigenvalue weighted by Crippen LogP contribution is -2.42. The second-order valence-electron chi connectivity index (χ2n) is 7.36. The van der Waals surface area contributed by atoms with Crippen molar-refractivity contribution in [1.29, 1.82) is 0 Å². The van der Waals surface area contributed by atoms with Gasteiger partial charge >= 0.3 is 0 Å². The lowest BCUT2D eigenvalue weighted by molar-refractivity contribution is -0.0805. The van der Waals surface area contributed by atoms with Crippen molar-refractivity contribution in [3.8, 4) is 0 Å². The largest absolute Gasteiger partial charge is 0.369 e. The van der Waals surface area contributed by atoms with Gasteiger partial charge in [0.05, 0.1) is 11.2 Å². The van der Waals surface area contributed by atoms with Gasteiger partial charge in [0.2, 0.25) is 0 Å². The summed E-state index contributed by atoms with van der Waals surface area (Å²) in [6.45, 7) is 13.7. The number of nitrogens with one attached hydrogen (secondary N) is 1. The van der Waals surface area contributed by atoms with Crippen molar-refractivity contribution in [2.45, 2.75) is 84.1 Å². The smallest absolute Gasteiger partial charge is 0.0666 e. The molecule has 100 valence electrons. The Morgan fingerprint density at radius 3 is 2.12 bits per heavy atom. The number of hydrogen-bond donors (Lipinski definition) is 1. The maximum Gasteiger partial charge on any atom is 0.0666 e. The Bertz CT molecular complexity index is 281. The van der Waals surface area contributed by atoms with Gasteiger partial charge in [-0.2, -0.15) is 0 Å². The third-order valence-corrected chi connectivity index (χ3v) is 4.64. The molecule has 1 N–H and O–H groups in total. The van der Waals surface area contributed by atoms with E-state index in [4.69, 9.17) is 4.74 Å². The molecule has 2 rings (SSSR count). The minimum absolute atomic E-state index is 0.0163. The number of ether oxygens (including phenoxy) is 1. The Balaban J connectivity index is 1.99. The van der Waals surface area contributed by atoms with E-state index < -0.39 is 0 Å². The van der Waals surface area contributed by atoms with Gasteiger partial charge in [0.15, 0.2) is 0 Å². The van der Waals surface area contributed by atoms with Gasteiger partial charge in [-0.15, -0.1) is 0 Å². The second kappa shape index (κ2) is 4.24. The van der Waals surface area contributed by atoms with Gasteiger partial charge in [-0.1, -0.05) is 6.92 Å². The molecule has 3 atom stereocenters. The standard InChI is InChI=1S/C15H29NO/c1-10(11(2)16-12-7-8-12)13-9-14(3,4)17-15(13,5)6/h10-13,16H,7-9H2,1-6H3. The average Bonchev–Trinajstić information content (AvgIpc) is 2.91. The highest BCUT2D eigenvalue weighted by Gasteiger charge is 2.48. The summed E-state index contributed by atoms with van der Waals surface area (Å²) in [4.78, 5) is 0. The average molecular weight is 239 g/mol. The summed E-state index contributed by atoms with van der Waals surface area (Å²) in [5, 5.41) is 3.74. The van der Waals surface area contributed by atoms with E-state index in [9.17, 15) is 0 Å². The molecule has 2 heteroatoms. The first-order valence-electron chi connectivity index (χ1n) is 7.17. The van der Waals surface area contributed by atoms with E-state index in [2.05, 4.69) is 46.9 Å². The van der Waals surface area contributed by atoms with Crippen LogP contribution in [0.1, 0.15) is 60.8 Å². The Morgan fingerprint density at radius 1 is 1.12 bits per heavy atom. The van der Waals surface area contributed by atoms with Gasteiger partial charge in [0.1, 0.15) is 0 Å². The third-order valence-electron chi connectivity index (χ3n) is 4.64. The van der Waals surface area contributed by atoms with E-state index >= 15 is 0 Å². The fraction of sp³-hybridized carbons (Fsp3) is 1.00. The molecule has 0 bridgehead atoms. The molecule has 0 aromatic carbocycles. The highest BCUT2D eigenvalue weighted by molar-refractivity contribution is 4.99. The molecule has 1 heterocycles. The van der Waals surface area contributed by atoms with Crippen LogP contribution in [0.3, 0.4) is 0 Å². The van der Waals surface area contributed by atoms with Gasteiger partial charge in [0.25, 0.3) is 0 Å². The summed E-state index contributed by atoms with van der Waals surface area (Å²) < 4.78 is 6.21. The highest BCUT2D eigenvalue weighted by Crippen LogP contribution is 2.46. The van der Waals surface area contributed by atoms with Crippen LogP contribution in [0.5, 0.6) is 0 Å². The minimum atomic E-state index is 0.0163. The zero-order valence-corrected chi connectivity index (χ0v) is 12.3. The van der Waals surface area contributed by atoms with Crippen LogP contribution in [0.4, 0.5) is 0 Å². The summed E-state index contributed by atoms with van der Waals surface area (Å²) in [5.41, 5.74) is 0.0597. The normalized spacial score (nSPS) is 34.6. The van der Waals surface area contributed by atoms with Crippen LogP contribution in [0.2, 0.25) is 0 Å². The van der Waals surface area contributed by atoms with Crippen molar-refractivity contribution in [3.63, 3.8) is 0 Å². The van der Waals surface area contributed by atoms with Gasteiger partial charge in [-0.25, -0.2) is 0 Å². The van der Waals surface area contributed by atoms with E-state index in [0.29, 0.717) is 17.9 Å². The van der Waals surface area contributed by atoms with Crippen molar-refractivity contribution < 1.29 is 4.74 Å². The first-order valence-corrected chi connectivity index (χ1v) is 7.17. The molecule has 17 heavy (non-hydrogen) atoms. The fourth-order valence-electron chi connectivity index (χ4n) is 3.55. The maximum absolute atomic E-state index is 6.21. The first kappa shape index (κ1) is 13.4. The molecule has 0 aromatic rings. The Kier molecular flexibility index (Phi) is 3.33. The Hall–Kier alpha value is -0.0800. The van der Waals surface area contributed by atoms with Gasteiger partial charge in [-0.05, 0) is 65.7 Å². The van der Waals surface area contributed by atoms with Gasteiger partial charge in [-0.3, -0.25) is 0 Å². The van der Waals surface area contributed by atoms with Crippen LogP contribution in [0.25, 0.3) is 0 Å². The van der Waals surface area contributed by atoms with Crippen LogP contribution in [0.15, 0.2) is 0 Å². The van der Waals surface area contributed by atoms with Crippen molar-refractivity contribution >= 4 is 0 Å². The Morgan fingerprint density at radius 2 is 1.71 bits per heavy atom. The van der Waals surface area contributed by atoms with Gasteiger partial charge in [0, 0.05) is 12.1 Å². The number of rotatable bonds is 4. The quantitative estimate of drug-likeness (QED) is 0.812. The second-order valence-corrected chi connectivity index (χ2v) is 7.36. The predicted molar refractivity (Wildman–Crippen MR) is 72.1 cm³/mol. The molecule has 2 nitrogen and oxygen atoms in total. The molecular weight excluding hydrogens is 210 g/mol. The summed E-state index contributed by atoms with van der Waals surface area (Å²) in [6, 6.07) is 1.40. The molecule has 0 radical (unpaired) electrons. The minimum Gasteiger partial charge on any atom is -0.369 e. The first-order chi connectivity index (χ1) is 7.71.